The number of hydrogen-bond acceptors (Lipinski definition) is 14. The van der Waals surface area contributed by atoms with E-state index in [4.69, 9.17) is 33.3 Å². The summed E-state index contributed by atoms with van der Waals surface area (Å²) in [5, 5.41) is 42.1. The fourth-order valence-corrected chi connectivity index (χ4v) is 3.57. The maximum Gasteiger partial charge on any atom is 0.431 e. The smallest absolute Gasteiger partial charge is 0.431 e. The number of carbonyl (C=O) groups is 4. The molecule has 2 rings (SSSR count). The number of esters is 1. The number of ether oxygens (including phenoxy) is 6. The van der Waals surface area contributed by atoms with E-state index in [1.165, 1.54) is 25.1 Å². The Morgan fingerprint density at radius 3 is 2.23 bits per heavy atom. The van der Waals surface area contributed by atoms with Gasteiger partial charge in [0.15, 0.2) is 6.10 Å². The van der Waals surface area contributed by atoms with Gasteiger partial charge < -0.3 is 54.2 Å². The van der Waals surface area contributed by atoms with E-state index in [2.05, 4.69) is 10.8 Å². The van der Waals surface area contributed by atoms with E-state index in [9.17, 15) is 39.6 Å². The molecule has 0 spiro atoms. The molecule has 248 valence electrons. The number of amides is 2. The van der Waals surface area contributed by atoms with Gasteiger partial charge >= 0.3 is 18.0 Å². The van der Waals surface area contributed by atoms with Crippen LogP contribution in [0.1, 0.15) is 43.6 Å². The van der Waals surface area contributed by atoms with Crippen LogP contribution in [0.2, 0.25) is 0 Å². The molecule has 1 aliphatic rings. The Kier molecular flexibility index (Phi) is 14.7. The highest BCUT2D eigenvalue weighted by molar-refractivity contribution is 5.97. The number of aliphatic carboxylic acids is 1. The molecule has 0 aromatic heterocycles. The Balaban J connectivity index is 1.85. The lowest BCUT2D eigenvalue weighted by Gasteiger charge is -2.38. The Bertz CT molecular complexity index is 1110. The molecule has 1 fully saturated rings. The van der Waals surface area contributed by atoms with Crippen LogP contribution in [0.3, 0.4) is 0 Å². The first-order valence-electron chi connectivity index (χ1n) is 13.6. The minimum absolute atomic E-state index is 0.0594. The maximum absolute atomic E-state index is 13.0. The molecule has 0 bridgehead atoms. The van der Waals surface area contributed by atoms with Crippen LogP contribution in [0.4, 0.5) is 4.79 Å². The summed E-state index contributed by atoms with van der Waals surface area (Å²) in [6, 6.07) is 4.14. The second-order valence-electron chi connectivity index (χ2n) is 10.4. The average molecular weight is 633 g/mol. The van der Waals surface area contributed by atoms with Crippen molar-refractivity contribution in [3.05, 3.63) is 29.3 Å². The van der Waals surface area contributed by atoms with E-state index in [1.807, 2.05) is 0 Å². The van der Waals surface area contributed by atoms with Crippen molar-refractivity contribution < 1.29 is 72.9 Å². The highest BCUT2D eigenvalue weighted by Crippen LogP contribution is 2.28. The standard InChI is InChI=1S/C27H40N2O15/c1-15(30)40-14-16-5-6-18(42-25-21(33)19(31)20(32)22(43-25)24(35)36)17(13-16)23(34)28-7-8-38-9-10-39-11-12-41-29-26(37)44-27(2,3)4/h5-6,13,19-22,25,31-33H,7-12,14H2,1-4H3,(H,28,34)(H,29,37)(H,35,36)/t19-,20-,21+,22-,25+/m0/s1. The van der Waals surface area contributed by atoms with Gasteiger partial charge in [0.25, 0.3) is 5.91 Å². The molecule has 1 aliphatic heterocycles. The first-order valence-corrected chi connectivity index (χ1v) is 13.6. The van der Waals surface area contributed by atoms with Gasteiger partial charge in [0.1, 0.15) is 36.3 Å². The Labute approximate surface area is 253 Å². The van der Waals surface area contributed by atoms with Crippen LogP contribution in [0.15, 0.2) is 18.2 Å². The second kappa shape index (κ2) is 17.6. The number of aliphatic hydroxyl groups is 3. The van der Waals surface area contributed by atoms with Crippen LogP contribution >= 0.6 is 0 Å². The molecule has 17 nitrogen and oxygen atoms in total. The predicted octanol–water partition coefficient (Wildman–Crippen LogP) is -0.760. The number of carboxylic acids is 1. The van der Waals surface area contributed by atoms with Gasteiger partial charge in [0.05, 0.1) is 38.6 Å². The first kappa shape index (κ1) is 36.6. The fraction of sp³-hybridized carbons (Fsp3) is 0.630. The third-order valence-corrected chi connectivity index (χ3v) is 5.57. The highest BCUT2D eigenvalue weighted by Gasteiger charge is 2.48. The minimum atomic E-state index is -1.92. The third-order valence-electron chi connectivity index (χ3n) is 5.57. The van der Waals surface area contributed by atoms with Crippen LogP contribution in [-0.2, 0) is 44.7 Å². The molecule has 0 saturated carbocycles. The fourth-order valence-electron chi connectivity index (χ4n) is 3.57. The van der Waals surface area contributed by atoms with Gasteiger partial charge in [0.2, 0.25) is 6.29 Å². The number of hydroxylamine groups is 1. The van der Waals surface area contributed by atoms with Crippen molar-refractivity contribution in [2.45, 2.75) is 70.6 Å². The summed E-state index contributed by atoms with van der Waals surface area (Å²) in [7, 11) is 0. The summed E-state index contributed by atoms with van der Waals surface area (Å²) in [6.07, 6.45) is -10.0. The molecule has 2 amide bonds. The molecule has 1 aromatic carbocycles. The zero-order valence-corrected chi connectivity index (χ0v) is 24.8. The van der Waals surface area contributed by atoms with Crippen LogP contribution in [0.25, 0.3) is 0 Å². The molecule has 0 radical (unpaired) electrons. The molecule has 0 unspecified atom stereocenters. The van der Waals surface area contributed by atoms with Gasteiger partial charge in [-0.25, -0.2) is 9.59 Å². The lowest BCUT2D eigenvalue weighted by atomic mass is 9.99. The average Bonchev–Trinajstić information content (AvgIpc) is 2.94. The summed E-state index contributed by atoms with van der Waals surface area (Å²) < 4.78 is 31.4. The topological polar surface area (TPSA) is 238 Å². The molecule has 1 heterocycles. The quantitative estimate of drug-likeness (QED) is 0.0746. The van der Waals surface area contributed by atoms with Gasteiger partial charge in [-0.1, -0.05) is 6.07 Å². The van der Waals surface area contributed by atoms with Crippen molar-refractivity contribution in [1.29, 1.82) is 0 Å². The van der Waals surface area contributed by atoms with Crippen molar-refractivity contribution in [3.63, 3.8) is 0 Å². The van der Waals surface area contributed by atoms with Crippen molar-refractivity contribution in [2.24, 2.45) is 0 Å². The largest absolute Gasteiger partial charge is 0.479 e. The molecule has 44 heavy (non-hydrogen) atoms. The maximum atomic E-state index is 13.0. The number of hydrogen-bond donors (Lipinski definition) is 6. The minimum Gasteiger partial charge on any atom is -0.479 e. The Morgan fingerprint density at radius 1 is 0.932 bits per heavy atom. The predicted molar refractivity (Wildman–Crippen MR) is 146 cm³/mol. The van der Waals surface area contributed by atoms with Crippen molar-refractivity contribution in [3.8, 4) is 5.75 Å². The summed E-state index contributed by atoms with van der Waals surface area (Å²) in [4.78, 5) is 52.0. The van der Waals surface area contributed by atoms with E-state index < -0.39 is 60.2 Å². The normalized spacial score (nSPS) is 21.7. The van der Waals surface area contributed by atoms with E-state index >= 15 is 0 Å². The number of rotatable bonds is 16. The van der Waals surface area contributed by atoms with Crippen LogP contribution < -0.4 is 15.5 Å². The molecular weight excluding hydrogens is 592 g/mol. The summed E-state index contributed by atoms with van der Waals surface area (Å²) in [5.41, 5.74) is 1.81. The Hall–Kier alpha value is -3.58. The number of carbonyl (C=O) groups excluding carboxylic acids is 3. The number of benzene rings is 1. The molecule has 6 N–H and O–H groups in total. The lowest BCUT2D eigenvalue weighted by molar-refractivity contribution is -0.271. The summed E-state index contributed by atoms with van der Waals surface area (Å²) >= 11 is 0. The van der Waals surface area contributed by atoms with Crippen LogP contribution in [-0.4, -0.2) is 120 Å². The summed E-state index contributed by atoms with van der Waals surface area (Å²) in [5.74, 6) is -2.95. The molecule has 5 atom stereocenters. The third kappa shape index (κ3) is 12.6. The number of nitrogens with one attached hydrogen (secondary N) is 2. The summed E-state index contributed by atoms with van der Waals surface area (Å²) in [6.45, 7) is 7.03. The zero-order chi connectivity index (χ0) is 32.9. The molecule has 17 heteroatoms. The SMILES string of the molecule is CC(=O)OCc1ccc(O[C@@H]2O[C@H](C(=O)O)[C@@H](O)[C@H](O)[C@H]2O)c(C(=O)NCCOCCOCCONC(=O)OC(C)(C)C)c1. The van der Waals surface area contributed by atoms with Crippen LogP contribution in [0, 0.1) is 0 Å². The second-order valence-corrected chi connectivity index (χ2v) is 10.4. The molecule has 0 aliphatic carbocycles. The van der Waals surface area contributed by atoms with Crippen molar-refractivity contribution >= 4 is 23.9 Å². The molecular formula is C27H40N2O15. The van der Waals surface area contributed by atoms with Gasteiger partial charge in [-0.2, -0.15) is 5.48 Å². The van der Waals surface area contributed by atoms with Gasteiger partial charge in [-0.3, -0.25) is 14.4 Å². The molecule has 1 aromatic rings. The molecule has 1 saturated heterocycles. The van der Waals surface area contributed by atoms with Gasteiger partial charge in [-0.05, 0) is 38.5 Å². The van der Waals surface area contributed by atoms with E-state index in [0.717, 1.165) is 0 Å². The first-order chi connectivity index (χ1) is 20.7. The highest BCUT2D eigenvalue weighted by atomic mass is 16.7. The van der Waals surface area contributed by atoms with Gasteiger partial charge in [-0.15, -0.1) is 0 Å². The van der Waals surface area contributed by atoms with E-state index in [1.54, 1.807) is 20.8 Å². The van der Waals surface area contributed by atoms with Crippen molar-refractivity contribution in [2.75, 3.05) is 39.6 Å². The number of aliphatic hydroxyl groups excluding tert-OH is 3. The van der Waals surface area contributed by atoms with E-state index in [0.29, 0.717) is 5.56 Å². The van der Waals surface area contributed by atoms with Crippen molar-refractivity contribution in [1.82, 2.24) is 10.8 Å². The van der Waals surface area contributed by atoms with Gasteiger partial charge in [0, 0.05) is 13.5 Å². The zero-order valence-electron chi connectivity index (χ0n) is 24.8. The number of carboxylic acid groups (broad SMARTS) is 1. The monoisotopic (exact) mass is 632 g/mol. The van der Waals surface area contributed by atoms with Crippen LogP contribution in [0.5, 0.6) is 5.75 Å². The Morgan fingerprint density at radius 2 is 1.59 bits per heavy atom. The van der Waals surface area contributed by atoms with E-state index in [-0.39, 0.29) is 57.5 Å². The lowest BCUT2D eigenvalue weighted by Crippen LogP contribution is -2.61.